The number of benzene rings is 1. The minimum Gasteiger partial charge on any atom is -0.352 e. The van der Waals surface area contributed by atoms with Gasteiger partial charge in [0.2, 0.25) is 11.7 Å². The largest absolute Gasteiger partial charge is 0.352 e. The molecule has 1 N–H and O–H groups in total. The first-order chi connectivity index (χ1) is 10.1. The molecule has 110 valence electrons. The van der Waals surface area contributed by atoms with E-state index in [9.17, 15) is 4.79 Å². The second kappa shape index (κ2) is 5.63. The first-order valence-corrected chi connectivity index (χ1v) is 7.29. The molecule has 1 amide bonds. The number of carbonyl (C=O) groups excluding carboxylic acids is 1. The Balaban J connectivity index is 1.67. The van der Waals surface area contributed by atoms with Gasteiger partial charge in [-0.2, -0.15) is 4.80 Å². The van der Waals surface area contributed by atoms with E-state index in [2.05, 4.69) is 46.7 Å². The van der Waals surface area contributed by atoms with Crippen LogP contribution in [0.25, 0.3) is 11.4 Å². The van der Waals surface area contributed by atoms with Crippen LogP contribution in [0.3, 0.4) is 0 Å². The second-order valence-corrected chi connectivity index (χ2v) is 5.76. The van der Waals surface area contributed by atoms with Crippen molar-refractivity contribution in [1.29, 1.82) is 0 Å². The smallest absolute Gasteiger partial charge is 0.243 e. The summed E-state index contributed by atoms with van der Waals surface area (Å²) in [6.45, 7) is 4.43. The number of rotatable bonds is 5. The molecule has 1 aromatic heterocycles. The van der Waals surface area contributed by atoms with Crippen molar-refractivity contribution in [3.8, 4) is 11.4 Å². The number of aromatic nitrogens is 4. The highest BCUT2D eigenvalue weighted by atomic mass is 16.2. The summed E-state index contributed by atoms with van der Waals surface area (Å²) in [5.74, 6) is 0.981. The van der Waals surface area contributed by atoms with Crippen molar-refractivity contribution in [3.05, 3.63) is 29.8 Å². The Morgan fingerprint density at radius 1 is 1.33 bits per heavy atom. The molecule has 1 aliphatic carbocycles. The van der Waals surface area contributed by atoms with Crippen LogP contribution < -0.4 is 5.32 Å². The van der Waals surface area contributed by atoms with Gasteiger partial charge in [0.25, 0.3) is 0 Å². The van der Waals surface area contributed by atoms with Crippen molar-refractivity contribution in [2.45, 2.75) is 45.2 Å². The lowest BCUT2D eigenvalue weighted by molar-refractivity contribution is -0.122. The van der Waals surface area contributed by atoms with E-state index in [-0.39, 0.29) is 12.5 Å². The van der Waals surface area contributed by atoms with Crippen molar-refractivity contribution in [2.75, 3.05) is 0 Å². The molecule has 3 rings (SSSR count). The van der Waals surface area contributed by atoms with E-state index in [0.29, 0.717) is 17.8 Å². The average molecular weight is 285 g/mol. The molecule has 0 unspecified atom stereocenters. The molecule has 0 spiro atoms. The first kappa shape index (κ1) is 13.7. The Morgan fingerprint density at radius 2 is 2.05 bits per heavy atom. The third-order valence-electron chi connectivity index (χ3n) is 3.52. The molecule has 1 heterocycles. The summed E-state index contributed by atoms with van der Waals surface area (Å²) in [7, 11) is 0. The van der Waals surface area contributed by atoms with Gasteiger partial charge in [0.1, 0.15) is 6.54 Å². The number of hydrogen-bond acceptors (Lipinski definition) is 4. The molecule has 0 atom stereocenters. The fourth-order valence-electron chi connectivity index (χ4n) is 2.07. The molecule has 6 heteroatoms. The zero-order valence-electron chi connectivity index (χ0n) is 12.3. The molecule has 0 bridgehead atoms. The normalized spacial score (nSPS) is 14.4. The molecule has 0 aliphatic heterocycles. The molecular formula is C15H19N5O. The van der Waals surface area contributed by atoms with Crippen molar-refractivity contribution >= 4 is 5.91 Å². The molecule has 6 nitrogen and oxygen atoms in total. The minimum atomic E-state index is -0.0587. The first-order valence-electron chi connectivity index (χ1n) is 7.29. The van der Waals surface area contributed by atoms with Crippen LogP contribution in [0, 0.1) is 0 Å². The van der Waals surface area contributed by atoms with Gasteiger partial charge < -0.3 is 5.32 Å². The van der Waals surface area contributed by atoms with Crippen molar-refractivity contribution in [1.82, 2.24) is 25.5 Å². The number of nitrogens with zero attached hydrogens (tertiary/aromatic N) is 4. The van der Waals surface area contributed by atoms with Crippen molar-refractivity contribution in [3.63, 3.8) is 0 Å². The highest BCUT2D eigenvalue weighted by molar-refractivity contribution is 5.76. The van der Waals surface area contributed by atoms with Crippen molar-refractivity contribution in [2.24, 2.45) is 0 Å². The van der Waals surface area contributed by atoms with Crippen LogP contribution in [-0.4, -0.2) is 32.2 Å². The maximum Gasteiger partial charge on any atom is 0.243 e. The van der Waals surface area contributed by atoms with Gasteiger partial charge in [0.15, 0.2) is 0 Å². The van der Waals surface area contributed by atoms with Crippen LogP contribution >= 0.6 is 0 Å². The topological polar surface area (TPSA) is 72.7 Å². The summed E-state index contributed by atoms with van der Waals surface area (Å²) in [6.07, 6.45) is 2.15. The lowest BCUT2D eigenvalue weighted by atomic mass is 10.0. The zero-order chi connectivity index (χ0) is 14.8. The molecule has 0 saturated heterocycles. The van der Waals surface area contributed by atoms with Crippen LogP contribution in [0.15, 0.2) is 24.3 Å². The Hall–Kier alpha value is -2.24. The Morgan fingerprint density at radius 3 is 2.67 bits per heavy atom. The lowest BCUT2D eigenvalue weighted by Gasteiger charge is -2.04. The van der Waals surface area contributed by atoms with Crippen LogP contribution in [0.2, 0.25) is 0 Å². The van der Waals surface area contributed by atoms with Gasteiger partial charge in [-0.3, -0.25) is 4.79 Å². The predicted octanol–water partition coefficient (Wildman–Crippen LogP) is 1.74. The number of hydrogen-bond donors (Lipinski definition) is 1. The fourth-order valence-corrected chi connectivity index (χ4v) is 2.07. The highest BCUT2D eigenvalue weighted by Crippen LogP contribution is 2.20. The zero-order valence-corrected chi connectivity index (χ0v) is 12.3. The van der Waals surface area contributed by atoms with Crippen LogP contribution in [0.4, 0.5) is 0 Å². The summed E-state index contributed by atoms with van der Waals surface area (Å²) >= 11 is 0. The van der Waals surface area contributed by atoms with E-state index in [1.807, 2.05) is 12.1 Å². The molecule has 2 aromatic rings. The SMILES string of the molecule is CC(C)c1ccc(-c2nnn(CC(=O)NC3CC3)n2)cc1. The molecule has 1 aromatic carbocycles. The summed E-state index contributed by atoms with van der Waals surface area (Å²) in [4.78, 5) is 13.0. The fraction of sp³-hybridized carbons (Fsp3) is 0.467. The third kappa shape index (κ3) is 3.45. The molecule has 1 saturated carbocycles. The van der Waals surface area contributed by atoms with E-state index in [1.54, 1.807) is 0 Å². The van der Waals surface area contributed by atoms with Gasteiger partial charge >= 0.3 is 0 Å². The summed E-state index contributed by atoms with van der Waals surface area (Å²) < 4.78 is 0. The maximum atomic E-state index is 11.7. The second-order valence-electron chi connectivity index (χ2n) is 5.76. The minimum absolute atomic E-state index is 0.0587. The van der Waals surface area contributed by atoms with Crippen LogP contribution in [-0.2, 0) is 11.3 Å². The van der Waals surface area contributed by atoms with Gasteiger partial charge in [0, 0.05) is 11.6 Å². The molecule has 1 fully saturated rings. The summed E-state index contributed by atoms with van der Waals surface area (Å²) in [5.41, 5.74) is 2.18. The Bertz CT molecular complexity index is 628. The van der Waals surface area contributed by atoms with Gasteiger partial charge in [-0.15, -0.1) is 10.2 Å². The number of nitrogens with one attached hydrogen (secondary N) is 1. The van der Waals surface area contributed by atoms with Gasteiger partial charge in [-0.1, -0.05) is 38.1 Å². The maximum absolute atomic E-state index is 11.7. The molecular weight excluding hydrogens is 266 g/mol. The molecule has 1 aliphatic rings. The highest BCUT2D eigenvalue weighted by Gasteiger charge is 2.23. The average Bonchev–Trinajstić information content (AvgIpc) is 3.15. The lowest BCUT2D eigenvalue weighted by Crippen LogP contribution is -2.30. The number of tetrazole rings is 1. The van der Waals surface area contributed by atoms with Gasteiger partial charge in [-0.25, -0.2) is 0 Å². The standard InChI is InChI=1S/C15H19N5O/c1-10(2)11-3-5-12(6-4-11)15-17-19-20(18-15)9-14(21)16-13-7-8-13/h3-6,10,13H,7-9H2,1-2H3,(H,16,21). The van der Waals surface area contributed by atoms with Crippen LogP contribution in [0.1, 0.15) is 38.2 Å². The van der Waals surface area contributed by atoms with E-state index in [0.717, 1.165) is 18.4 Å². The summed E-state index contributed by atoms with van der Waals surface area (Å²) in [5, 5.41) is 15.1. The summed E-state index contributed by atoms with van der Waals surface area (Å²) in [6, 6.07) is 8.46. The molecule has 21 heavy (non-hydrogen) atoms. The van der Waals surface area contributed by atoms with E-state index in [4.69, 9.17) is 0 Å². The van der Waals surface area contributed by atoms with Crippen molar-refractivity contribution < 1.29 is 4.79 Å². The third-order valence-corrected chi connectivity index (χ3v) is 3.52. The Labute approximate surface area is 123 Å². The van der Waals surface area contributed by atoms with Gasteiger partial charge in [-0.05, 0) is 29.5 Å². The van der Waals surface area contributed by atoms with E-state index in [1.165, 1.54) is 10.4 Å². The van der Waals surface area contributed by atoms with E-state index < -0.39 is 0 Å². The Kier molecular flexibility index (Phi) is 3.68. The molecule has 0 radical (unpaired) electrons. The monoisotopic (exact) mass is 285 g/mol. The van der Waals surface area contributed by atoms with E-state index >= 15 is 0 Å². The number of amides is 1. The predicted molar refractivity (Wildman–Crippen MR) is 78.5 cm³/mol. The quantitative estimate of drug-likeness (QED) is 0.908. The van der Waals surface area contributed by atoms with Crippen LogP contribution in [0.5, 0.6) is 0 Å². The van der Waals surface area contributed by atoms with Gasteiger partial charge in [0.05, 0.1) is 0 Å². The number of carbonyl (C=O) groups is 1.